The van der Waals surface area contributed by atoms with Crippen LogP contribution in [0.15, 0.2) is 140 Å². The molecule has 0 amide bonds. The lowest BCUT2D eigenvalue weighted by Gasteiger charge is -2.20. The van der Waals surface area contributed by atoms with E-state index in [4.69, 9.17) is 9.97 Å². The van der Waals surface area contributed by atoms with Gasteiger partial charge < -0.3 is 4.57 Å². The molecule has 8 rings (SSSR count). The lowest BCUT2D eigenvalue weighted by Crippen LogP contribution is -2.08. The summed E-state index contributed by atoms with van der Waals surface area (Å²) in [5.74, 6) is 0. The van der Waals surface area contributed by atoms with Crippen molar-refractivity contribution in [3.63, 3.8) is 0 Å². The first-order valence-corrected chi connectivity index (χ1v) is 14.0. The van der Waals surface area contributed by atoms with Gasteiger partial charge in [0.05, 0.1) is 45.4 Å². The van der Waals surface area contributed by atoms with Crippen LogP contribution < -0.4 is 0 Å². The Bertz CT molecular complexity index is 2090. The third-order valence-corrected chi connectivity index (χ3v) is 8.00. The summed E-state index contributed by atoms with van der Waals surface area (Å²) >= 11 is 0. The van der Waals surface area contributed by atoms with Gasteiger partial charge in [-0.25, -0.2) is 9.97 Å². The zero-order valence-corrected chi connectivity index (χ0v) is 22.4. The maximum Gasteiger partial charge on any atom is 0.0959 e. The van der Waals surface area contributed by atoms with Gasteiger partial charge in [0.25, 0.3) is 0 Å². The van der Waals surface area contributed by atoms with E-state index in [1.807, 2.05) is 24.4 Å². The first-order chi connectivity index (χ1) is 20.3. The molecule has 1 aliphatic carbocycles. The number of nitrogens with zero attached hydrogens (tertiary/aromatic N) is 4. The molecule has 4 heterocycles. The normalized spacial score (nSPS) is 15.0. The van der Waals surface area contributed by atoms with E-state index in [9.17, 15) is 0 Å². The van der Waals surface area contributed by atoms with Crippen LogP contribution in [0, 0.1) is 0 Å². The molecule has 194 valence electrons. The van der Waals surface area contributed by atoms with Crippen molar-refractivity contribution in [1.82, 2.24) is 19.5 Å². The smallest absolute Gasteiger partial charge is 0.0959 e. The Kier molecular flexibility index (Phi) is 5.56. The van der Waals surface area contributed by atoms with Gasteiger partial charge in [-0.15, -0.1) is 0 Å². The molecule has 0 spiro atoms. The second-order valence-electron chi connectivity index (χ2n) is 10.4. The molecule has 0 radical (unpaired) electrons. The molecule has 0 saturated heterocycles. The molecular weight excluding hydrogens is 500 g/mol. The molecule has 0 aliphatic heterocycles. The van der Waals surface area contributed by atoms with Crippen molar-refractivity contribution < 1.29 is 0 Å². The molecule has 0 bridgehead atoms. The SMILES string of the molecule is C1=CC(n2c3ccccc3c3ncccc32)CC=C1c1cccc(-c2cccc(-c3cccc4ccccc34)n2)n1. The van der Waals surface area contributed by atoms with Gasteiger partial charge in [-0.05, 0) is 65.2 Å². The van der Waals surface area contributed by atoms with Crippen molar-refractivity contribution in [2.24, 2.45) is 0 Å². The van der Waals surface area contributed by atoms with Gasteiger partial charge in [0.1, 0.15) is 0 Å². The van der Waals surface area contributed by atoms with Crippen LogP contribution >= 0.6 is 0 Å². The second-order valence-corrected chi connectivity index (χ2v) is 10.4. The first kappa shape index (κ1) is 23.5. The van der Waals surface area contributed by atoms with E-state index in [-0.39, 0.29) is 6.04 Å². The van der Waals surface area contributed by atoms with Gasteiger partial charge in [0.15, 0.2) is 0 Å². The highest BCUT2D eigenvalue weighted by molar-refractivity contribution is 6.05. The molecule has 4 aromatic heterocycles. The highest BCUT2D eigenvalue weighted by atomic mass is 15.0. The Morgan fingerprint density at radius 3 is 2.12 bits per heavy atom. The average molecular weight is 527 g/mol. The van der Waals surface area contributed by atoms with Crippen molar-refractivity contribution >= 4 is 38.3 Å². The molecule has 41 heavy (non-hydrogen) atoms. The molecule has 3 aromatic carbocycles. The fourth-order valence-corrected chi connectivity index (χ4v) is 6.07. The van der Waals surface area contributed by atoms with Crippen LogP contribution in [0.3, 0.4) is 0 Å². The minimum atomic E-state index is 0.215. The van der Waals surface area contributed by atoms with Crippen molar-refractivity contribution in [2.75, 3.05) is 0 Å². The Balaban J connectivity index is 1.11. The summed E-state index contributed by atoms with van der Waals surface area (Å²) in [6.45, 7) is 0. The number of aromatic nitrogens is 4. The zero-order chi connectivity index (χ0) is 27.2. The first-order valence-electron chi connectivity index (χ1n) is 14.0. The Hall–Kier alpha value is -5.35. The van der Waals surface area contributed by atoms with Gasteiger partial charge in [0, 0.05) is 17.1 Å². The molecule has 4 nitrogen and oxygen atoms in total. The van der Waals surface area contributed by atoms with E-state index in [0.29, 0.717) is 0 Å². The van der Waals surface area contributed by atoms with Crippen LogP contribution in [0.5, 0.6) is 0 Å². The molecule has 1 unspecified atom stereocenters. The summed E-state index contributed by atoms with van der Waals surface area (Å²) < 4.78 is 2.41. The minimum absolute atomic E-state index is 0.215. The largest absolute Gasteiger partial charge is 0.332 e. The summed E-state index contributed by atoms with van der Waals surface area (Å²) in [5.41, 5.74) is 9.34. The Morgan fingerprint density at radius 2 is 1.27 bits per heavy atom. The van der Waals surface area contributed by atoms with Crippen LogP contribution in [0.25, 0.3) is 60.9 Å². The Morgan fingerprint density at radius 1 is 0.585 bits per heavy atom. The van der Waals surface area contributed by atoms with E-state index in [2.05, 4.69) is 125 Å². The molecule has 1 atom stereocenters. The van der Waals surface area contributed by atoms with Crippen molar-refractivity contribution in [3.05, 3.63) is 145 Å². The maximum absolute atomic E-state index is 5.05. The summed E-state index contributed by atoms with van der Waals surface area (Å²) in [6.07, 6.45) is 9.56. The van der Waals surface area contributed by atoms with E-state index in [0.717, 1.165) is 51.4 Å². The van der Waals surface area contributed by atoms with Gasteiger partial charge in [-0.1, -0.05) is 91.0 Å². The van der Waals surface area contributed by atoms with E-state index in [1.54, 1.807) is 0 Å². The number of rotatable bonds is 4. The number of para-hydroxylation sites is 1. The summed E-state index contributed by atoms with van der Waals surface area (Å²) in [7, 11) is 0. The molecule has 0 saturated carbocycles. The molecule has 4 heteroatoms. The minimum Gasteiger partial charge on any atom is -0.332 e. The molecular formula is C37H26N4. The number of pyridine rings is 3. The predicted molar refractivity (Wildman–Crippen MR) is 168 cm³/mol. The standard InChI is InChI=1S/C37H26N4/c1-2-11-28-25(9-1)10-5-13-29(28)32-15-7-17-34(40-32)33-16-6-14-31(39-33)26-20-22-27(23-21-26)41-35-18-4-3-12-30(35)37-36(41)19-8-24-38-37/h1-22,24,27H,23H2. The number of hydrogen-bond donors (Lipinski definition) is 0. The fraction of sp³-hybridized carbons (Fsp3) is 0.0541. The number of benzene rings is 3. The summed E-state index contributed by atoms with van der Waals surface area (Å²) in [4.78, 5) is 14.8. The van der Waals surface area contributed by atoms with Crippen molar-refractivity contribution in [3.8, 4) is 22.6 Å². The number of fused-ring (bicyclic) bond motifs is 4. The molecule has 0 fully saturated rings. The number of allylic oxidation sites excluding steroid dienone is 4. The highest BCUT2D eigenvalue weighted by Crippen LogP contribution is 2.35. The molecule has 0 N–H and O–H groups in total. The predicted octanol–water partition coefficient (Wildman–Crippen LogP) is 9.05. The van der Waals surface area contributed by atoms with Crippen LogP contribution in [0.1, 0.15) is 18.2 Å². The fourth-order valence-electron chi connectivity index (χ4n) is 6.07. The highest BCUT2D eigenvalue weighted by Gasteiger charge is 2.19. The second kappa shape index (κ2) is 9.68. The van der Waals surface area contributed by atoms with Gasteiger partial charge in [0.2, 0.25) is 0 Å². The average Bonchev–Trinajstić information content (AvgIpc) is 3.39. The van der Waals surface area contributed by atoms with Crippen LogP contribution in [0.2, 0.25) is 0 Å². The quantitative estimate of drug-likeness (QED) is 0.230. The summed E-state index contributed by atoms with van der Waals surface area (Å²) in [6, 6.07) is 40.1. The molecule has 7 aromatic rings. The van der Waals surface area contributed by atoms with Crippen LogP contribution in [-0.4, -0.2) is 19.5 Å². The monoisotopic (exact) mass is 526 g/mol. The van der Waals surface area contributed by atoms with Crippen LogP contribution in [0.4, 0.5) is 0 Å². The van der Waals surface area contributed by atoms with E-state index >= 15 is 0 Å². The summed E-state index contributed by atoms with van der Waals surface area (Å²) in [5, 5.41) is 3.61. The van der Waals surface area contributed by atoms with Crippen molar-refractivity contribution in [1.29, 1.82) is 0 Å². The Labute approximate surface area is 238 Å². The van der Waals surface area contributed by atoms with E-state index < -0.39 is 0 Å². The van der Waals surface area contributed by atoms with Gasteiger partial charge in [-0.3, -0.25) is 4.98 Å². The third kappa shape index (κ3) is 4.04. The third-order valence-electron chi connectivity index (χ3n) is 8.00. The van der Waals surface area contributed by atoms with Gasteiger partial charge >= 0.3 is 0 Å². The maximum atomic E-state index is 5.05. The van der Waals surface area contributed by atoms with Gasteiger partial charge in [-0.2, -0.15) is 0 Å². The molecule has 1 aliphatic rings. The van der Waals surface area contributed by atoms with Crippen molar-refractivity contribution in [2.45, 2.75) is 12.5 Å². The van der Waals surface area contributed by atoms with E-state index in [1.165, 1.54) is 21.7 Å². The topological polar surface area (TPSA) is 43.6 Å². The lowest BCUT2D eigenvalue weighted by molar-refractivity contribution is 0.649. The number of hydrogen-bond acceptors (Lipinski definition) is 3. The lowest BCUT2D eigenvalue weighted by atomic mass is 9.99. The van der Waals surface area contributed by atoms with Crippen LogP contribution in [-0.2, 0) is 0 Å². The zero-order valence-electron chi connectivity index (χ0n) is 22.4.